The fourth-order valence-electron chi connectivity index (χ4n) is 3.95. The first kappa shape index (κ1) is 23.9. The van der Waals surface area contributed by atoms with Crippen molar-refractivity contribution in [2.45, 2.75) is 39.8 Å². The third-order valence-corrected chi connectivity index (χ3v) is 5.19. The van der Waals surface area contributed by atoms with Crippen LogP contribution in [0.4, 0.5) is 5.69 Å². The molecular formula is C25H27ClN2O4. The maximum atomic E-state index is 8.49. The van der Waals surface area contributed by atoms with E-state index in [9.17, 15) is 0 Å². The minimum atomic E-state index is -4.94. The Kier molecular flexibility index (Phi) is 7.33. The normalized spacial score (nSPS) is 14.7. The third kappa shape index (κ3) is 5.73. The van der Waals surface area contributed by atoms with Crippen LogP contribution in [-0.4, -0.2) is 6.04 Å². The highest BCUT2D eigenvalue weighted by molar-refractivity contribution is 5.88. The number of halogens is 1. The molecule has 1 aliphatic rings. The van der Waals surface area contributed by atoms with Gasteiger partial charge in [0.25, 0.3) is 0 Å². The van der Waals surface area contributed by atoms with Crippen molar-refractivity contribution in [1.82, 2.24) is 0 Å². The number of allylic oxidation sites excluding steroid dienone is 1. The average Bonchev–Trinajstić information content (AvgIpc) is 2.72. The Morgan fingerprint density at radius 2 is 1.47 bits per heavy atom. The van der Waals surface area contributed by atoms with Gasteiger partial charge in [-0.25, -0.2) is 18.6 Å². The molecule has 0 saturated carbocycles. The molecule has 0 N–H and O–H groups in total. The van der Waals surface area contributed by atoms with E-state index < -0.39 is 10.2 Å². The van der Waals surface area contributed by atoms with Crippen LogP contribution in [0.3, 0.4) is 0 Å². The number of hydrogen-bond acceptors (Lipinski definition) is 5. The number of nitrogens with zero attached hydrogens (tertiary/aromatic N) is 2. The molecule has 1 aliphatic heterocycles. The standard InChI is InChI=1S/C25H27N2.ClHO4/c1-18(2)26-16-15-21(23-10-6-8-12-25(23)26)17-22-14-13-20-9-5-7-11-24(20)27(22)19(3)4;2-1(3,4)5/h5-19H,1-4H3;(H,2,3,4,5)/q+1;/p-1. The summed E-state index contributed by atoms with van der Waals surface area (Å²) >= 11 is 0. The number of para-hydroxylation sites is 2. The molecule has 0 fully saturated rings. The van der Waals surface area contributed by atoms with Gasteiger partial charge in [0.15, 0.2) is 12.2 Å². The topological polar surface area (TPSA) is 99.4 Å². The molecule has 0 saturated heterocycles. The Hall–Kier alpha value is -2.74. The molecule has 2 heterocycles. The molecule has 1 aromatic heterocycles. The molecule has 2 aromatic carbocycles. The maximum Gasteiger partial charge on any atom is 0.213 e. The first-order chi connectivity index (χ1) is 15.1. The summed E-state index contributed by atoms with van der Waals surface area (Å²) in [6, 6.07) is 20.4. The van der Waals surface area contributed by atoms with Crippen molar-refractivity contribution in [3.05, 3.63) is 83.7 Å². The summed E-state index contributed by atoms with van der Waals surface area (Å²) in [5, 5.41) is 1.29. The van der Waals surface area contributed by atoms with Crippen molar-refractivity contribution in [3.8, 4) is 0 Å². The number of anilines is 1. The fourth-order valence-corrected chi connectivity index (χ4v) is 3.95. The molecule has 0 bridgehead atoms. The van der Waals surface area contributed by atoms with Gasteiger partial charge in [0, 0.05) is 29.6 Å². The van der Waals surface area contributed by atoms with Crippen molar-refractivity contribution in [1.29, 1.82) is 0 Å². The van der Waals surface area contributed by atoms with Crippen LogP contribution in [-0.2, 0) is 0 Å². The monoisotopic (exact) mass is 454 g/mol. The molecule has 0 amide bonds. The van der Waals surface area contributed by atoms with Gasteiger partial charge in [-0.3, -0.25) is 0 Å². The van der Waals surface area contributed by atoms with E-state index in [0.29, 0.717) is 12.1 Å². The van der Waals surface area contributed by atoms with Crippen LogP contribution in [0.15, 0.2) is 72.6 Å². The minimum Gasteiger partial charge on any atom is -0.338 e. The summed E-state index contributed by atoms with van der Waals surface area (Å²) in [6.07, 6.45) is 8.99. The van der Waals surface area contributed by atoms with Crippen LogP contribution < -0.4 is 28.1 Å². The number of aromatic nitrogens is 1. The predicted octanol–water partition coefficient (Wildman–Crippen LogP) is 1.23. The third-order valence-electron chi connectivity index (χ3n) is 5.19. The van der Waals surface area contributed by atoms with Crippen molar-refractivity contribution in [2.75, 3.05) is 4.90 Å². The zero-order valence-electron chi connectivity index (χ0n) is 18.6. The quantitative estimate of drug-likeness (QED) is 0.554. The highest BCUT2D eigenvalue weighted by atomic mass is 35.7. The molecule has 0 aliphatic carbocycles. The number of hydrogen-bond donors (Lipinski definition) is 0. The minimum absolute atomic E-state index is 0.387. The van der Waals surface area contributed by atoms with Gasteiger partial charge in [0.1, 0.15) is 0 Å². The molecule has 0 radical (unpaired) electrons. The average molecular weight is 455 g/mol. The van der Waals surface area contributed by atoms with Crippen molar-refractivity contribution in [2.24, 2.45) is 0 Å². The molecule has 0 spiro atoms. The lowest BCUT2D eigenvalue weighted by molar-refractivity contribution is -2.00. The number of pyridine rings is 1. The second kappa shape index (κ2) is 9.81. The SMILES string of the molecule is CC(C)N1/C(=C\c2cc[n+](C(C)C)c3ccccc23)C=Cc2ccccc21.[O-][Cl+3]([O-])([O-])[O-]. The lowest BCUT2D eigenvalue weighted by Crippen LogP contribution is -2.68. The van der Waals surface area contributed by atoms with E-state index in [1.165, 1.54) is 33.4 Å². The van der Waals surface area contributed by atoms with Gasteiger partial charge in [-0.1, -0.05) is 36.4 Å². The molecule has 0 unspecified atom stereocenters. The molecule has 3 aromatic rings. The van der Waals surface area contributed by atoms with Crippen LogP contribution in [0.2, 0.25) is 0 Å². The Labute approximate surface area is 190 Å². The lowest BCUT2D eigenvalue weighted by Gasteiger charge is -2.34. The van der Waals surface area contributed by atoms with E-state index in [1.807, 2.05) is 0 Å². The summed E-state index contributed by atoms with van der Waals surface area (Å²) in [4.78, 5) is 2.42. The highest BCUT2D eigenvalue weighted by Gasteiger charge is 2.21. The second-order valence-corrected chi connectivity index (χ2v) is 8.85. The Morgan fingerprint density at radius 3 is 2.12 bits per heavy atom. The highest BCUT2D eigenvalue weighted by Crippen LogP contribution is 2.34. The predicted molar refractivity (Wildman–Crippen MR) is 116 cm³/mol. The van der Waals surface area contributed by atoms with Crippen LogP contribution in [0.25, 0.3) is 23.1 Å². The van der Waals surface area contributed by atoms with Crippen molar-refractivity contribution >= 4 is 28.7 Å². The summed E-state index contributed by atoms with van der Waals surface area (Å²) in [5.74, 6) is 0. The number of fused-ring (bicyclic) bond motifs is 2. The van der Waals surface area contributed by atoms with Gasteiger partial charge >= 0.3 is 0 Å². The van der Waals surface area contributed by atoms with Crippen molar-refractivity contribution in [3.63, 3.8) is 0 Å². The zero-order valence-corrected chi connectivity index (χ0v) is 19.3. The largest absolute Gasteiger partial charge is 0.338 e. The van der Waals surface area contributed by atoms with E-state index in [2.05, 4.69) is 116 Å². The van der Waals surface area contributed by atoms with Crippen LogP contribution in [0.1, 0.15) is 44.9 Å². The van der Waals surface area contributed by atoms with E-state index >= 15 is 0 Å². The van der Waals surface area contributed by atoms with E-state index in [4.69, 9.17) is 18.6 Å². The zero-order chi connectivity index (χ0) is 23.5. The number of rotatable bonds is 3. The first-order valence-electron chi connectivity index (χ1n) is 10.4. The van der Waals surface area contributed by atoms with Crippen LogP contribution in [0.5, 0.6) is 0 Å². The molecule has 4 rings (SSSR count). The summed E-state index contributed by atoms with van der Waals surface area (Å²) < 4.78 is 36.3. The van der Waals surface area contributed by atoms with Crippen LogP contribution >= 0.6 is 0 Å². The van der Waals surface area contributed by atoms with Gasteiger partial charge in [0.05, 0.1) is 5.39 Å². The smallest absolute Gasteiger partial charge is 0.213 e. The van der Waals surface area contributed by atoms with E-state index in [1.54, 1.807) is 0 Å². The van der Waals surface area contributed by atoms with E-state index in [-0.39, 0.29) is 0 Å². The lowest BCUT2D eigenvalue weighted by atomic mass is 10.0. The Balaban J connectivity index is 0.000000523. The Bertz CT molecular complexity index is 1140. The summed E-state index contributed by atoms with van der Waals surface area (Å²) in [5.41, 5.74) is 6.32. The molecule has 6 nitrogen and oxygen atoms in total. The fraction of sp³-hybridized carbons (Fsp3) is 0.240. The van der Waals surface area contributed by atoms with Crippen LogP contribution in [0, 0.1) is 10.2 Å². The molecule has 32 heavy (non-hydrogen) atoms. The van der Waals surface area contributed by atoms with Gasteiger partial charge in [-0.05, 0) is 63.1 Å². The number of benzene rings is 2. The van der Waals surface area contributed by atoms with Gasteiger partial charge in [-0.2, -0.15) is 4.57 Å². The maximum absolute atomic E-state index is 8.49. The Morgan fingerprint density at radius 1 is 0.844 bits per heavy atom. The van der Waals surface area contributed by atoms with Gasteiger partial charge in [-0.15, -0.1) is 10.2 Å². The van der Waals surface area contributed by atoms with Crippen molar-refractivity contribution < 1.29 is 33.4 Å². The molecule has 7 heteroatoms. The van der Waals surface area contributed by atoms with Gasteiger partial charge < -0.3 is 4.90 Å². The first-order valence-corrected chi connectivity index (χ1v) is 11.6. The van der Waals surface area contributed by atoms with E-state index in [0.717, 1.165) is 0 Å². The summed E-state index contributed by atoms with van der Waals surface area (Å²) in [7, 11) is -4.94. The molecule has 168 valence electrons. The second-order valence-electron chi connectivity index (χ2n) is 8.09. The summed E-state index contributed by atoms with van der Waals surface area (Å²) in [6.45, 7) is 8.96. The molecular weight excluding hydrogens is 428 g/mol. The molecule has 0 atom stereocenters. The van der Waals surface area contributed by atoms with Gasteiger partial charge in [0.2, 0.25) is 5.52 Å².